The molecule has 0 aromatic carbocycles. The van der Waals surface area contributed by atoms with Gasteiger partial charge in [-0.25, -0.2) is 9.59 Å². The first kappa shape index (κ1) is 16.2. The zero-order valence-corrected chi connectivity index (χ0v) is 11.4. The standard InChI is InChI=1S/C11H21N3O4/c1-10(2,3)13-7(15)6-12-9(18)14-11(4,5)8(16)17/h6H2,1-5H3,(H,13,15)(H,16,17)(H2,12,14,18). The van der Waals surface area contributed by atoms with Crippen molar-refractivity contribution in [2.24, 2.45) is 0 Å². The van der Waals surface area contributed by atoms with Gasteiger partial charge in [-0.15, -0.1) is 0 Å². The van der Waals surface area contributed by atoms with Crippen molar-refractivity contribution in [1.29, 1.82) is 0 Å². The Hall–Kier alpha value is -1.79. The lowest BCUT2D eigenvalue weighted by molar-refractivity contribution is -0.142. The number of aliphatic carboxylic acids is 1. The van der Waals surface area contributed by atoms with Gasteiger partial charge < -0.3 is 21.1 Å². The maximum Gasteiger partial charge on any atom is 0.328 e. The fourth-order valence-corrected chi connectivity index (χ4v) is 1.00. The van der Waals surface area contributed by atoms with E-state index in [1.807, 2.05) is 20.8 Å². The lowest BCUT2D eigenvalue weighted by Gasteiger charge is -2.22. The molecule has 0 unspecified atom stereocenters. The van der Waals surface area contributed by atoms with E-state index in [1.54, 1.807) is 0 Å². The topological polar surface area (TPSA) is 108 Å². The minimum Gasteiger partial charge on any atom is -0.480 e. The van der Waals surface area contributed by atoms with Crippen molar-refractivity contribution < 1.29 is 19.5 Å². The third-order valence-electron chi connectivity index (χ3n) is 1.88. The van der Waals surface area contributed by atoms with Gasteiger partial charge in [-0.05, 0) is 34.6 Å². The molecule has 18 heavy (non-hydrogen) atoms. The number of amides is 3. The molecule has 0 fully saturated rings. The molecule has 0 heterocycles. The summed E-state index contributed by atoms with van der Waals surface area (Å²) in [7, 11) is 0. The Kier molecular flexibility index (Phi) is 5.13. The highest BCUT2D eigenvalue weighted by Crippen LogP contribution is 2.01. The lowest BCUT2D eigenvalue weighted by atomic mass is 10.1. The molecular formula is C11H21N3O4. The van der Waals surface area contributed by atoms with Gasteiger partial charge in [0.1, 0.15) is 5.54 Å². The number of rotatable bonds is 4. The normalized spacial score (nSPS) is 11.6. The van der Waals surface area contributed by atoms with E-state index in [-0.39, 0.29) is 18.0 Å². The molecule has 0 aromatic rings. The molecule has 4 N–H and O–H groups in total. The maximum atomic E-state index is 11.4. The van der Waals surface area contributed by atoms with E-state index in [4.69, 9.17) is 5.11 Å². The molecule has 0 aromatic heterocycles. The second-order valence-electron chi connectivity index (χ2n) is 5.54. The smallest absolute Gasteiger partial charge is 0.328 e. The lowest BCUT2D eigenvalue weighted by Crippen LogP contribution is -2.55. The van der Waals surface area contributed by atoms with E-state index in [1.165, 1.54) is 13.8 Å². The Bertz CT molecular complexity index is 345. The quantitative estimate of drug-likeness (QED) is 0.572. The molecule has 0 spiro atoms. The first-order valence-electron chi connectivity index (χ1n) is 5.54. The zero-order valence-electron chi connectivity index (χ0n) is 11.4. The van der Waals surface area contributed by atoms with Gasteiger partial charge in [0, 0.05) is 5.54 Å². The third-order valence-corrected chi connectivity index (χ3v) is 1.88. The second-order valence-corrected chi connectivity index (χ2v) is 5.54. The fourth-order valence-electron chi connectivity index (χ4n) is 1.00. The largest absolute Gasteiger partial charge is 0.480 e. The number of hydrogen-bond donors (Lipinski definition) is 4. The molecule has 0 saturated heterocycles. The van der Waals surface area contributed by atoms with E-state index >= 15 is 0 Å². The Balaban J connectivity index is 4.13. The van der Waals surface area contributed by atoms with E-state index in [0.29, 0.717) is 0 Å². The Labute approximate surface area is 106 Å². The average molecular weight is 259 g/mol. The number of carbonyl (C=O) groups excluding carboxylic acids is 2. The molecule has 0 aliphatic rings. The van der Waals surface area contributed by atoms with Crippen molar-refractivity contribution in [2.45, 2.75) is 45.7 Å². The number of carboxylic acids is 1. The highest BCUT2D eigenvalue weighted by atomic mass is 16.4. The molecule has 0 rings (SSSR count). The maximum absolute atomic E-state index is 11.4. The van der Waals surface area contributed by atoms with Crippen molar-refractivity contribution in [3.8, 4) is 0 Å². The van der Waals surface area contributed by atoms with Crippen LogP contribution in [-0.2, 0) is 9.59 Å². The molecule has 0 atom stereocenters. The minimum atomic E-state index is -1.38. The highest BCUT2D eigenvalue weighted by Gasteiger charge is 2.29. The summed E-state index contributed by atoms with van der Waals surface area (Å²) in [5.41, 5.74) is -1.76. The van der Waals surface area contributed by atoms with Crippen molar-refractivity contribution in [2.75, 3.05) is 6.54 Å². The average Bonchev–Trinajstić information content (AvgIpc) is 2.11. The van der Waals surface area contributed by atoms with Crippen LogP contribution in [0.3, 0.4) is 0 Å². The van der Waals surface area contributed by atoms with Crippen LogP contribution < -0.4 is 16.0 Å². The van der Waals surface area contributed by atoms with Gasteiger partial charge in [0.05, 0.1) is 6.54 Å². The molecule has 104 valence electrons. The fraction of sp³-hybridized carbons (Fsp3) is 0.727. The van der Waals surface area contributed by atoms with Crippen molar-refractivity contribution in [1.82, 2.24) is 16.0 Å². The Morgan fingerprint density at radius 3 is 1.89 bits per heavy atom. The minimum absolute atomic E-state index is 0.210. The van der Waals surface area contributed by atoms with Gasteiger partial charge in [-0.2, -0.15) is 0 Å². The predicted molar refractivity (Wildman–Crippen MR) is 66.1 cm³/mol. The van der Waals surface area contributed by atoms with Crippen LogP contribution >= 0.6 is 0 Å². The van der Waals surface area contributed by atoms with Crippen LogP contribution in [-0.4, -0.2) is 40.6 Å². The summed E-state index contributed by atoms with van der Waals surface area (Å²) in [6.07, 6.45) is 0. The molecule has 0 aliphatic carbocycles. The highest BCUT2D eigenvalue weighted by molar-refractivity contribution is 5.88. The van der Waals surface area contributed by atoms with Gasteiger partial charge in [0.15, 0.2) is 0 Å². The van der Waals surface area contributed by atoms with Crippen LogP contribution in [0.15, 0.2) is 0 Å². The molecule has 0 saturated carbocycles. The summed E-state index contributed by atoms with van der Waals surface area (Å²) in [5, 5.41) is 16.0. The number of nitrogens with one attached hydrogen (secondary N) is 3. The molecular weight excluding hydrogens is 238 g/mol. The van der Waals surface area contributed by atoms with E-state index < -0.39 is 17.5 Å². The predicted octanol–water partition coefficient (Wildman–Crippen LogP) is 0.0635. The SMILES string of the molecule is CC(C)(C)NC(=O)CNC(=O)NC(C)(C)C(=O)O. The van der Waals surface area contributed by atoms with E-state index in [9.17, 15) is 14.4 Å². The zero-order chi connectivity index (χ0) is 14.6. The molecule has 0 aliphatic heterocycles. The second kappa shape index (κ2) is 5.70. The van der Waals surface area contributed by atoms with Gasteiger partial charge in [-0.1, -0.05) is 0 Å². The van der Waals surface area contributed by atoms with Crippen LogP contribution in [0.4, 0.5) is 4.79 Å². The Morgan fingerprint density at radius 1 is 1.00 bits per heavy atom. The molecule has 0 radical (unpaired) electrons. The molecule has 3 amide bonds. The summed E-state index contributed by atoms with van der Waals surface area (Å²) >= 11 is 0. The number of hydrogen-bond acceptors (Lipinski definition) is 3. The van der Waals surface area contributed by atoms with Gasteiger partial charge in [-0.3, -0.25) is 4.79 Å². The number of urea groups is 1. The van der Waals surface area contributed by atoms with Gasteiger partial charge >= 0.3 is 12.0 Å². The van der Waals surface area contributed by atoms with Crippen molar-refractivity contribution >= 4 is 17.9 Å². The Morgan fingerprint density at radius 2 is 1.50 bits per heavy atom. The van der Waals surface area contributed by atoms with Crippen molar-refractivity contribution in [3.05, 3.63) is 0 Å². The first-order chi connectivity index (χ1) is 7.94. The van der Waals surface area contributed by atoms with Gasteiger partial charge in [0.2, 0.25) is 5.91 Å². The summed E-state index contributed by atoms with van der Waals surface area (Å²) in [6, 6.07) is -0.702. The van der Waals surface area contributed by atoms with E-state index in [2.05, 4.69) is 16.0 Å². The third kappa shape index (κ3) is 6.72. The molecule has 7 nitrogen and oxygen atoms in total. The van der Waals surface area contributed by atoms with E-state index in [0.717, 1.165) is 0 Å². The number of carbonyl (C=O) groups is 3. The van der Waals surface area contributed by atoms with Crippen LogP contribution in [0.1, 0.15) is 34.6 Å². The summed E-state index contributed by atoms with van der Waals surface area (Å²) in [6.45, 7) is 7.95. The monoisotopic (exact) mass is 259 g/mol. The number of carboxylic acid groups (broad SMARTS) is 1. The van der Waals surface area contributed by atoms with Gasteiger partial charge in [0.25, 0.3) is 0 Å². The van der Waals surface area contributed by atoms with Crippen LogP contribution in [0.2, 0.25) is 0 Å². The molecule has 0 bridgehead atoms. The van der Waals surface area contributed by atoms with Crippen LogP contribution in [0, 0.1) is 0 Å². The summed E-state index contributed by atoms with van der Waals surface area (Å²) in [4.78, 5) is 33.5. The molecule has 7 heteroatoms. The van der Waals surface area contributed by atoms with Crippen LogP contribution in [0.25, 0.3) is 0 Å². The van der Waals surface area contributed by atoms with Crippen LogP contribution in [0.5, 0.6) is 0 Å². The summed E-state index contributed by atoms with van der Waals surface area (Å²) in [5.74, 6) is -1.50. The van der Waals surface area contributed by atoms with Crippen molar-refractivity contribution in [3.63, 3.8) is 0 Å². The first-order valence-corrected chi connectivity index (χ1v) is 5.54. The summed E-state index contributed by atoms with van der Waals surface area (Å²) < 4.78 is 0.